The third kappa shape index (κ3) is 2.43. The molecule has 2 heterocycles. The second-order valence-corrected chi connectivity index (χ2v) is 5.68. The molecule has 2 aromatic rings. The summed E-state index contributed by atoms with van der Waals surface area (Å²) in [6, 6.07) is 10.1. The van der Waals surface area contributed by atoms with Crippen LogP contribution >= 0.6 is 0 Å². The fourth-order valence-electron chi connectivity index (χ4n) is 3.24. The Morgan fingerprint density at radius 3 is 2.86 bits per heavy atom. The van der Waals surface area contributed by atoms with Gasteiger partial charge in [-0.1, -0.05) is 19.1 Å². The monoisotopic (exact) mass is 298 g/mol. The molecule has 1 aliphatic heterocycles. The Kier molecular flexibility index (Phi) is 3.79. The number of nitrogens with zero attached hydrogens (tertiary/aromatic N) is 2. The number of pyridine rings is 1. The van der Waals surface area contributed by atoms with Crippen molar-refractivity contribution in [3.63, 3.8) is 0 Å². The Morgan fingerprint density at radius 2 is 2.14 bits per heavy atom. The van der Waals surface area contributed by atoms with E-state index >= 15 is 0 Å². The van der Waals surface area contributed by atoms with E-state index < -0.39 is 4.92 Å². The number of nitro benzene ring substituents is 1. The first-order valence-corrected chi connectivity index (χ1v) is 7.60. The van der Waals surface area contributed by atoms with Crippen LogP contribution in [-0.2, 0) is 6.54 Å². The molecule has 0 bridgehead atoms. The quantitative estimate of drug-likeness (QED) is 0.641. The van der Waals surface area contributed by atoms with Crippen LogP contribution < -0.4 is 5.56 Å². The van der Waals surface area contributed by atoms with Crippen molar-refractivity contribution < 1.29 is 4.92 Å². The van der Waals surface area contributed by atoms with Crippen molar-refractivity contribution in [2.24, 2.45) is 0 Å². The van der Waals surface area contributed by atoms with Crippen molar-refractivity contribution in [2.45, 2.75) is 38.6 Å². The van der Waals surface area contributed by atoms with Gasteiger partial charge in [-0.2, -0.15) is 0 Å². The molecule has 0 fully saturated rings. The number of fused-ring (bicyclic) bond motifs is 1. The lowest BCUT2D eigenvalue weighted by atomic mass is 9.91. The van der Waals surface area contributed by atoms with Gasteiger partial charge >= 0.3 is 0 Å². The van der Waals surface area contributed by atoms with Crippen molar-refractivity contribution in [3.8, 4) is 11.1 Å². The molecule has 0 spiro atoms. The van der Waals surface area contributed by atoms with Crippen LogP contribution in [0.3, 0.4) is 0 Å². The smallest absolute Gasteiger partial charge is 0.270 e. The molecule has 22 heavy (non-hydrogen) atoms. The molecule has 1 atom stereocenters. The lowest BCUT2D eigenvalue weighted by molar-refractivity contribution is -0.384. The summed E-state index contributed by atoms with van der Waals surface area (Å²) in [5, 5.41) is 10.9. The Bertz CT molecular complexity index is 780. The zero-order valence-corrected chi connectivity index (χ0v) is 12.5. The second-order valence-electron chi connectivity index (χ2n) is 5.68. The third-order valence-corrected chi connectivity index (χ3v) is 4.42. The third-order valence-electron chi connectivity index (χ3n) is 4.42. The van der Waals surface area contributed by atoms with E-state index in [1.165, 1.54) is 12.1 Å². The standard InChI is InChI=1S/C17H18N2O3/c1-2-12-6-4-10-18-16(12)9-8-15(17(18)20)13-5-3-7-14(11-13)19(21)22/h3,5,7-9,11-12H,2,4,6,10H2,1H3. The zero-order chi connectivity index (χ0) is 15.7. The van der Waals surface area contributed by atoms with Gasteiger partial charge in [0.2, 0.25) is 0 Å². The number of non-ortho nitro benzene ring substituents is 1. The molecule has 1 unspecified atom stereocenters. The van der Waals surface area contributed by atoms with Crippen molar-refractivity contribution >= 4 is 5.69 Å². The highest BCUT2D eigenvalue weighted by Gasteiger charge is 2.21. The molecule has 1 aromatic heterocycles. The first-order valence-electron chi connectivity index (χ1n) is 7.60. The van der Waals surface area contributed by atoms with Crippen LogP contribution in [-0.4, -0.2) is 9.49 Å². The van der Waals surface area contributed by atoms with E-state index in [2.05, 4.69) is 6.92 Å². The van der Waals surface area contributed by atoms with Gasteiger partial charge in [0.15, 0.2) is 0 Å². The largest absolute Gasteiger partial charge is 0.312 e. The van der Waals surface area contributed by atoms with Gasteiger partial charge in [0.25, 0.3) is 11.2 Å². The Balaban J connectivity index is 2.12. The van der Waals surface area contributed by atoms with Crippen LogP contribution in [0.5, 0.6) is 0 Å². The molecule has 1 aliphatic rings. The highest BCUT2D eigenvalue weighted by molar-refractivity contribution is 5.65. The SMILES string of the molecule is CCC1CCCn2c1ccc(-c1cccc([N+](=O)[O-])c1)c2=O. The van der Waals surface area contributed by atoms with Gasteiger partial charge in [-0.15, -0.1) is 0 Å². The van der Waals surface area contributed by atoms with Crippen LogP contribution in [0, 0.1) is 10.1 Å². The van der Waals surface area contributed by atoms with Crippen molar-refractivity contribution in [3.05, 3.63) is 62.6 Å². The molecule has 0 amide bonds. The summed E-state index contributed by atoms with van der Waals surface area (Å²) >= 11 is 0. The molecule has 0 saturated carbocycles. The van der Waals surface area contributed by atoms with Crippen molar-refractivity contribution in [1.29, 1.82) is 0 Å². The minimum Gasteiger partial charge on any atom is -0.312 e. The minimum atomic E-state index is -0.438. The second kappa shape index (κ2) is 5.75. The molecule has 1 aromatic carbocycles. The molecular weight excluding hydrogens is 280 g/mol. The van der Waals surface area contributed by atoms with E-state index in [1.807, 2.05) is 10.6 Å². The first-order chi connectivity index (χ1) is 10.6. The van der Waals surface area contributed by atoms with Gasteiger partial charge < -0.3 is 4.57 Å². The lowest BCUT2D eigenvalue weighted by Crippen LogP contribution is -2.29. The maximum atomic E-state index is 12.7. The Labute approximate surface area is 128 Å². The summed E-state index contributed by atoms with van der Waals surface area (Å²) in [5.41, 5.74) is 2.19. The summed E-state index contributed by atoms with van der Waals surface area (Å²) in [7, 11) is 0. The molecule has 5 nitrogen and oxygen atoms in total. The van der Waals surface area contributed by atoms with Crippen LogP contribution in [0.15, 0.2) is 41.2 Å². The average molecular weight is 298 g/mol. The maximum absolute atomic E-state index is 12.7. The van der Waals surface area contributed by atoms with Crippen LogP contribution in [0.25, 0.3) is 11.1 Å². The molecule has 0 saturated heterocycles. The number of hydrogen-bond donors (Lipinski definition) is 0. The summed E-state index contributed by atoms with van der Waals surface area (Å²) in [5.74, 6) is 0.431. The van der Waals surface area contributed by atoms with E-state index in [0.29, 0.717) is 17.0 Å². The highest BCUT2D eigenvalue weighted by Crippen LogP contribution is 2.30. The predicted octanol–water partition coefficient (Wildman–Crippen LogP) is 3.71. The van der Waals surface area contributed by atoms with Gasteiger partial charge in [0.1, 0.15) is 0 Å². The van der Waals surface area contributed by atoms with E-state index in [1.54, 1.807) is 18.2 Å². The van der Waals surface area contributed by atoms with E-state index in [9.17, 15) is 14.9 Å². The molecule has 114 valence electrons. The van der Waals surface area contributed by atoms with Crippen molar-refractivity contribution in [2.75, 3.05) is 0 Å². The summed E-state index contributed by atoms with van der Waals surface area (Å²) < 4.78 is 1.84. The van der Waals surface area contributed by atoms with Gasteiger partial charge in [-0.3, -0.25) is 14.9 Å². The Hall–Kier alpha value is -2.43. The molecule has 0 aliphatic carbocycles. The van der Waals surface area contributed by atoms with Crippen molar-refractivity contribution in [1.82, 2.24) is 4.57 Å². The molecule has 5 heteroatoms. The number of benzene rings is 1. The summed E-state index contributed by atoms with van der Waals surface area (Å²) in [4.78, 5) is 23.2. The first kappa shape index (κ1) is 14.5. The zero-order valence-electron chi connectivity index (χ0n) is 12.5. The normalized spacial score (nSPS) is 17.0. The van der Waals surface area contributed by atoms with Gasteiger partial charge in [-0.25, -0.2) is 0 Å². The van der Waals surface area contributed by atoms with E-state index in [4.69, 9.17) is 0 Å². The summed E-state index contributed by atoms with van der Waals surface area (Å²) in [6.45, 7) is 2.87. The topological polar surface area (TPSA) is 65.1 Å². The minimum absolute atomic E-state index is 0.00561. The van der Waals surface area contributed by atoms with E-state index in [0.717, 1.165) is 31.5 Å². The van der Waals surface area contributed by atoms with Gasteiger partial charge in [0, 0.05) is 29.9 Å². The average Bonchev–Trinajstić information content (AvgIpc) is 2.55. The van der Waals surface area contributed by atoms with E-state index in [-0.39, 0.29) is 11.2 Å². The highest BCUT2D eigenvalue weighted by atomic mass is 16.6. The van der Waals surface area contributed by atoms with Crippen LogP contribution in [0.2, 0.25) is 0 Å². The molecule has 0 radical (unpaired) electrons. The fraction of sp³-hybridized carbons (Fsp3) is 0.353. The number of aromatic nitrogens is 1. The summed E-state index contributed by atoms with van der Waals surface area (Å²) in [6.07, 6.45) is 3.14. The maximum Gasteiger partial charge on any atom is 0.270 e. The number of hydrogen-bond acceptors (Lipinski definition) is 3. The molecule has 0 N–H and O–H groups in total. The lowest BCUT2D eigenvalue weighted by Gasteiger charge is -2.26. The number of nitro groups is 1. The van der Waals surface area contributed by atoms with Gasteiger partial charge in [0.05, 0.1) is 4.92 Å². The van der Waals surface area contributed by atoms with Gasteiger partial charge in [-0.05, 0) is 42.9 Å². The van der Waals surface area contributed by atoms with Crippen LogP contribution in [0.1, 0.15) is 37.8 Å². The molecule has 3 rings (SSSR count). The fourth-order valence-corrected chi connectivity index (χ4v) is 3.24. The van der Waals surface area contributed by atoms with Crippen LogP contribution in [0.4, 0.5) is 5.69 Å². The predicted molar refractivity (Wildman–Crippen MR) is 85.1 cm³/mol. The molecular formula is C17H18N2O3. The Morgan fingerprint density at radius 1 is 1.32 bits per heavy atom. The number of rotatable bonds is 3.